The summed E-state index contributed by atoms with van der Waals surface area (Å²) in [5.41, 5.74) is 13.6. The molecule has 10 aromatic carbocycles. The highest BCUT2D eigenvalue weighted by atomic mass is 15.0. The second-order valence-electron chi connectivity index (χ2n) is 17.9. The summed E-state index contributed by atoms with van der Waals surface area (Å²) in [6.45, 7) is 0. The summed E-state index contributed by atoms with van der Waals surface area (Å²) in [6.07, 6.45) is 0. The summed E-state index contributed by atoms with van der Waals surface area (Å²) in [7, 11) is 0. The van der Waals surface area contributed by atoms with Crippen LogP contribution in [0.3, 0.4) is 0 Å². The molecule has 2 heterocycles. The third kappa shape index (κ3) is 9.01. The molecule has 6 nitrogen and oxygen atoms in total. The van der Waals surface area contributed by atoms with E-state index in [1.165, 1.54) is 0 Å². The Kier molecular flexibility index (Phi) is 12.1. The Hall–Kier alpha value is -9.78. The minimum Gasteiger partial charge on any atom is -0.208 e. The molecular formula is C67H46N6. The molecule has 0 spiro atoms. The third-order valence-corrected chi connectivity index (χ3v) is 13.4. The number of rotatable bonds is 12. The molecular weight excluding hydrogens is 889 g/mol. The molecule has 0 amide bonds. The normalized spacial score (nSPS) is 11.3. The fourth-order valence-corrected chi connectivity index (χ4v) is 9.75. The van der Waals surface area contributed by atoms with E-state index in [9.17, 15) is 0 Å². The van der Waals surface area contributed by atoms with Gasteiger partial charge in [-0.25, -0.2) is 29.9 Å². The van der Waals surface area contributed by atoms with Gasteiger partial charge in [-0.2, -0.15) is 0 Å². The van der Waals surface area contributed by atoms with Crippen LogP contribution in [0.2, 0.25) is 0 Å². The molecule has 2 aromatic heterocycles. The molecule has 0 saturated heterocycles. The van der Waals surface area contributed by atoms with Crippen LogP contribution in [0.25, 0.3) is 90.6 Å². The summed E-state index contributed by atoms with van der Waals surface area (Å²) < 4.78 is 0. The van der Waals surface area contributed by atoms with E-state index in [0.29, 0.717) is 34.9 Å². The van der Waals surface area contributed by atoms with Gasteiger partial charge in [-0.3, -0.25) is 0 Å². The molecule has 0 fully saturated rings. The zero-order valence-electron chi connectivity index (χ0n) is 39.7. The number of hydrogen-bond acceptors (Lipinski definition) is 6. The predicted octanol–water partition coefficient (Wildman–Crippen LogP) is 15.8. The number of benzene rings is 10. The van der Waals surface area contributed by atoms with Gasteiger partial charge in [0.05, 0.1) is 5.41 Å². The van der Waals surface area contributed by atoms with Crippen molar-refractivity contribution in [2.24, 2.45) is 0 Å². The predicted molar refractivity (Wildman–Crippen MR) is 295 cm³/mol. The largest absolute Gasteiger partial charge is 0.208 e. The maximum absolute atomic E-state index is 5.17. The monoisotopic (exact) mass is 934 g/mol. The number of aromatic nitrogens is 6. The van der Waals surface area contributed by atoms with E-state index in [0.717, 1.165) is 77.9 Å². The van der Waals surface area contributed by atoms with Crippen molar-refractivity contribution in [3.8, 4) is 90.6 Å². The van der Waals surface area contributed by atoms with Gasteiger partial charge in [0.25, 0.3) is 0 Å². The lowest BCUT2D eigenvalue weighted by atomic mass is 9.65. The Labute approximate surface area is 425 Å². The van der Waals surface area contributed by atoms with Crippen molar-refractivity contribution in [3.63, 3.8) is 0 Å². The van der Waals surface area contributed by atoms with Crippen LogP contribution in [0.4, 0.5) is 0 Å². The van der Waals surface area contributed by atoms with Gasteiger partial charge in [0, 0.05) is 33.4 Å². The standard InChI is InChI=1S/C67H46N6/c1-7-21-47(22-8-1)53-29-19-31-55(45-53)65-70-61(49-25-11-3-12-26-49)68-63(72-65)51-37-41-59(42-38-51)67(57-33-15-5-16-34-57,58-35-17-6-18-36-58)60-43-39-52(40-44-60)64-69-62(50-27-13-4-14-28-50)71-66(73-64)56-32-20-30-54(46-56)48-23-9-2-10-24-48/h1-46H. The second-order valence-corrected chi connectivity index (χ2v) is 17.9. The summed E-state index contributed by atoms with van der Waals surface area (Å²) in [4.78, 5) is 30.7. The minimum atomic E-state index is -0.728. The smallest absolute Gasteiger partial charge is 0.164 e. The van der Waals surface area contributed by atoms with Crippen molar-refractivity contribution in [3.05, 3.63) is 301 Å². The summed E-state index contributed by atoms with van der Waals surface area (Å²) in [5.74, 6) is 3.62. The molecule has 0 bridgehead atoms. The molecule has 6 heteroatoms. The van der Waals surface area contributed by atoms with Crippen molar-refractivity contribution >= 4 is 0 Å². The van der Waals surface area contributed by atoms with Gasteiger partial charge in [-0.1, -0.05) is 267 Å². The second kappa shape index (κ2) is 19.9. The zero-order valence-corrected chi connectivity index (χ0v) is 39.7. The quantitative estimate of drug-likeness (QED) is 0.114. The first-order valence-corrected chi connectivity index (χ1v) is 24.4. The average Bonchev–Trinajstić information content (AvgIpc) is 3.49. The molecule has 12 aromatic rings. The SMILES string of the molecule is c1ccc(-c2cccc(-c3nc(-c4ccccc4)nc(-c4ccc(C(c5ccccc5)(c5ccccc5)c5ccc(-c6nc(-c7ccccc7)nc(-c7cccc(-c8ccccc8)c7)n6)cc5)cc4)n3)c2)cc1. The van der Waals surface area contributed by atoms with E-state index in [2.05, 4.69) is 206 Å². The van der Waals surface area contributed by atoms with Crippen molar-refractivity contribution < 1.29 is 0 Å². The van der Waals surface area contributed by atoms with Crippen molar-refractivity contribution in [2.75, 3.05) is 0 Å². The fraction of sp³-hybridized carbons (Fsp3) is 0.0149. The molecule has 0 unspecified atom stereocenters. The van der Waals surface area contributed by atoms with Crippen molar-refractivity contribution in [1.82, 2.24) is 29.9 Å². The van der Waals surface area contributed by atoms with Gasteiger partial charge in [-0.05, 0) is 56.6 Å². The maximum atomic E-state index is 5.17. The van der Waals surface area contributed by atoms with Crippen LogP contribution in [0, 0.1) is 0 Å². The van der Waals surface area contributed by atoms with Gasteiger partial charge in [0.2, 0.25) is 0 Å². The van der Waals surface area contributed by atoms with E-state index >= 15 is 0 Å². The average molecular weight is 935 g/mol. The van der Waals surface area contributed by atoms with Crippen LogP contribution in [0.1, 0.15) is 22.3 Å². The van der Waals surface area contributed by atoms with Crippen molar-refractivity contribution in [2.45, 2.75) is 5.41 Å². The molecule has 0 radical (unpaired) electrons. The topological polar surface area (TPSA) is 77.3 Å². The van der Waals surface area contributed by atoms with Crippen LogP contribution in [0.5, 0.6) is 0 Å². The van der Waals surface area contributed by atoms with Crippen molar-refractivity contribution in [1.29, 1.82) is 0 Å². The van der Waals surface area contributed by atoms with Crippen LogP contribution < -0.4 is 0 Å². The van der Waals surface area contributed by atoms with E-state index in [-0.39, 0.29) is 0 Å². The van der Waals surface area contributed by atoms with Crippen LogP contribution in [-0.4, -0.2) is 29.9 Å². The Morgan fingerprint density at radius 2 is 0.384 bits per heavy atom. The lowest BCUT2D eigenvalue weighted by Gasteiger charge is -2.37. The molecule has 73 heavy (non-hydrogen) atoms. The van der Waals surface area contributed by atoms with Crippen LogP contribution in [0.15, 0.2) is 279 Å². The Morgan fingerprint density at radius 3 is 0.699 bits per heavy atom. The first-order valence-electron chi connectivity index (χ1n) is 24.4. The zero-order chi connectivity index (χ0) is 48.8. The van der Waals surface area contributed by atoms with E-state index in [1.807, 2.05) is 72.8 Å². The van der Waals surface area contributed by atoms with E-state index in [4.69, 9.17) is 29.9 Å². The highest BCUT2D eigenvalue weighted by Crippen LogP contribution is 2.46. The Balaban J connectivity index is 0.973. The summed E-state index contributed by atoms with van der Waals surface area (Å²) >= 11 is 0. The lowest BCUT2D eigenvalue weighted by molar-refractivity contribution is 0.745. The molecule has 0 aliphatic carbocycles. The van der Waals surface area contributed by atoms with E-state index < -0.39 is 5.41 Å². The lowest BCUT2D eigenvalue weighted by Crippen LogP contribution is -2.31. The summed E-state index contributed by atoms with van der Waals surface area (Å²) in [5, 5.41) is 0. The fourth-order valence-electron chi connectivity index (χ4n) is 9.75. The van der Waals surface area contributed by atoms with Crippen LogP contribution >= 0.6 is 0 Å². The third-order valence-electron chi connectivity index (χ3n) is 13.4. The van der Waals surface area contributed by atoms with Gasteiger partial charge in [0.1, 0.15) is 0 Å². The number of nitrogens with zero attached hydrogens (tertiary/aromatic N) is 6. The van der Waals surface area contributed by atoms with Gasteiger partial charge in [0.15, 0.2) is 34.9 Å². The highest BCUT2D eigenvalue weighted by molar-refractivity contribution is 5.75. The van der Waals surface area contributed by atoms with Gasteiger partial charge >= 0.3 is 0 Å². The highest BCUT2D eigenvalue weighted by Gasteiger charge is 2.38. The molecule has 0 aliphatic rings. The molecule has 12 rings (SSSR count). The number of hydrogen-bond donors (Lipinski definition) is 0. The molecule has 0 aliphatic heterocycles. The summed E-state index contributed by atoms with van der Waals surface area (Å²) in [6, 6.07) is 96.7. The van der Waals surface area contributed by atoms with Crippen LogP contribution in [-0.2, 0) is 5.41 Å². The Morgan fingerprint density at radius 1 is 0.164 bits per heavy atom. The first kappa shape index (κ1) is 44.4. The molecule has 0 N–H and O–H groups in total. The maximum Gasteiger partial charge on any atom is 0.164 e. The van der Waals surface area contributed by atoms with Gasteiger partial charge < -0.3 is 0 Å². The molecule has 0 atom stereocenters. The first-order chi connectivity index (χ1) is 36.2. The molecule has 344 valence electrons. The minimum absolute atomic E-state index is 0.591. The Bertz CT molecular complexity index is 3540. The van der Waals surface area contributed by atoms with Gasteiger partial charge in [-0.15, -0.1) is 0 Å². The molecule has 0 saturated carbocycles. The van der Waals surface area contributed by atoms with E-state index in [1.54, 1.807) is 0 Å².